The van der Waals surface area contributed by atoms with Crippen LogP contribution in [0.25, 0.3) is 6.08 Å². The number of ether oxygens (including phenoxy) is 2. The number of amides is 1. The number of fused-ring (bicyclic) bond motifs is 1. The number of nitrogens with zero attached hydrogens (tertiary/aromatic N) is 1. The van der Waals surface area contributed by atoms with Crippen LogP contribution in [0.3, 0.4) is 0 Å². The summed E-state index contributed by atoms with van der Waals surface area (Å²) in [4.78, 5) is 12.1. The second kappa shape index (κ2) is 6.33. The van der Waals surface area contributed by atoms with Crippen molar-refractivity contribution >= 4 is 12.0 Å². The Hall–Kier alpha value is -2.48. The fraction of sp³-hybridized carbons (Fsp3) is 0.444. The largest absolute Gasteiger partial charge is 0.493 e. The van der Waals surface area contributed by atoms with Gasteiger partial charge in [0.05, 0.1) is 6.61 Å². The molecule has 0 saturated heterocycles. The minimum atomic E-state index is -0.327. The Morgan fingerprint density at radius 3 is 2.96 bits per heavy atom. The molecule has 1 aliphatic carbocycles. The minimum Gasteiger partial charge on any atom is -0.493 e. The first-order valence-electron chi connectivity index (χ1n) is 7.99. The Balaban J connectivity index is 1.93. The van der Waals surface area contributed by atoms with E-state index < -0.39 is 0 Å². The molecule has 1 amide bonds. The van der Waals surface area contributed by atoms with Crippen LogP contribution >= 0.6 is 0 Å². The van der Waals surface area contributed by atoms with Gasteiger partial charge in [-0.15, -0.1) is 0 Å². The van der Waals surface area contributed by atoms with Gasteiger partial charge in [0.25, 0.3) is 5.91 Å². The third-order valence-corrected chi connectivity index (χ3v) is 3.91. The van der Waals surface area contributed by atoms with Gasteiger partial charge in [-0.1, -0.05) is 0 Å². The molecular formula is C18H20N2O3. The zero-order valence-corrected chi connectivity index (χ0v) is 13.4. The lowest BCUT2D eigenvalue weighted by molar-refractivity contribution is -0.117. The number of hydrogen-bond acceptors (Lipinski definition) is 4. The highest BCUT2D eigenvalue weighted by molar-refractivity contribution is 6.02. The van der Waals surface area contributed by atoms with Crippen molar-refractivity contribution in [3.05, 3.63) is 28.8 Å². The summed E-state index contributed by atoms with van der Waals surface area (Å²) in [6, 6.07) is 6.00. The van der Waals surface area contributed by atoms with E-state index in [2.05, 4.69) is 5.32 Å². The molecule has 1 aliphatic heterocycles. The first kappa shape index (κ1) is 15.4. The van der Waals surface area contributed by atoms with E-state index in [1.807, 2.05) is 32.0 Å². The van der Waals surface area contributed by atoms with Crippen LogP contribution in [-0.4, -0.2) is 24.7 Å². The summed E-state index contributed by atoms with van der Waals surface area (Å²) in [5.74, 6) is 1.15. The fourth-order valence-electron chi connectivity index (χ4n) is 2.64. The maximum absolute atomic E-state index is 12.1. The molecule has 1 saturated carbocycles. The molecule has 0 spiro atoms. The van der Waals surface area contributed by atoms with Crippen molar-refractivity contribution in [3.63, 3.8) is 0 Å². The number of carbonyl (C=O) groups excluding carboxylic acids is 1. The maximum Gasteiger partial charge on any atom is 0.262 e. The van der Waals surface area contributed by atoms with Gasteiger partial charge in [-0.25, -0.2) is 0 Å². The number of rotatable bonds is 5. The van der Waals surface area contributed by atoms with E-state index in [-0.39, 0.29) is 23.6 Å². The second-order valence-electron chi connectivity index (χ2n) is 5.98. The first-order chi connectivity index (χ1) is 11.1. The smallest absolute Gasteiger partial charge is 0.262 e. The van der Waals surface area contributed by atoms with Gasteiger partial charge >= 0.3 is 0 Å². The molecular weight excluding hydrogens is 292 g/mol. The van der Waals surface area contributed by atoms with Crippen LogP contribution in [0.4, 0.5) is 0 Å². The van der Waals surface area contributed by atoms with Gasteiger partial charge in [0.15, 0.2) is 0 Å². The summed E-state index contributed by atoms with van der Waals surface area (Å²) < 4.78 is 11.4. The van der Waals surface area contributed by atoms with Gasteiger partial charge in [-0.05, 0) is 44.9 Å². The number of nitrogens with one attached hydrogen (secondary N) is 1. The van der Waals surface area contributed by atoms with Crippen LogP contribution in [0.15, 0.2) is 17.7 Å². The normalized spacial score (nSPS) is 19.5. The zero-order chi connectivity index (χ0) is 16.4. The molecule has 1 aromatic carbocycles. The maximum atomic E-state index is 12.1. The van der Waals surface area contributed by atoms with Gasteiger partial charge in [0.2, 0.25) is 0 Å². The Bertz CT molecular complexity index is 699. The van der Waals surface area contributed by atoms with Crippen LogP contribution in [0.1, 0.15) is 37.8 Å². The van der Waals surface area contributed by atoms with Gasteiger partial charge in [-0.3, -0.25) is 4.79 Å². The van der Waals surface area contributed by atoms with E-state index in [4.69, 9.17) is 9.47 Å². The van der Waals surface area contributed by atoms with Crippen LogP contribution in [-0.2, 0) is 11.2 Å². The van der Waals surface area contributed by atoms with Crippen molar-refractivity contribution in [2.45, 2.75) is 45.3 Å². The summed E-state index contributed by atoms with van der Waals surface area (Å²) in [6.45, 7) is 4.44. The van der Waals surface area contributed by atoms with Crippen LogP contribution in [0.5, 0.6) is 11.5 Å². The van der Waals surface area contributed by atoms with Crippen molar-refractivity contribution in [1.29, 1.82) is 5.26 Å². The van der Waals surface area contributed by atoms with Crippen molar-refractivity contribution < 1.29 is 14.3 Å². The topological polar surface area (TPSA) is 71.3 Å². The van der Waals surface area contributed by atoms with Gasteiger partial charge in [0.1, 0.15) is 29.2 Å². The monoisotopic (exact) mass is 312 g/mol. The predicted octanol–water partition coefficient (Wildman–Crippen LogP) is 2.59. The van der Waals surface area contributed by atoms with Crippen molar-refractivity contribution in [1.82, 2.24) is 5.32 Å². The van der Waals surface area contributed by atoms with Crippen LogP contribution < -0.4 is 14.8 Å². The highest BCUT2D eigenvalue weighted by atomic mass is 16.5. The summed E-state index contributed by atoms with van der Waals surface area (Å²) in [5.41, 5.74) is 1.88. The molecule has 5 heteroatoms. The van der Waals surface area contributed by atoms with Crippen molar-refractivity contribution in [2.75, 3.05) is 6.61 Å². The summed E-state index contributed by atoms with van der Waals surface area (Å²) >= 11 is 0. The molecule has 23 heavy (non-hydrogen) atoms. The number of benzene rings is 1. The molecule has 0 radical (unpaired) electrons. The molecule has 1 aromatic rings. The molecule has 1 N–H and O–H groups in total. The third kappa shape index (κ3) is 3.48. The molecule has 2 aliphatic rings. The third-order valence-electron chi connectivity index (χ3n) is 3.91. The standard InChI is InChI=1S/C18H20N2O3/c1-3-22-16-8-12-6-11(2)23-17(12)9-13(16)7-14(10-19)18(21)20-15-4-5-15/h7-9,11,15H,3-6H2,1-2H3,(H,20,21)/b14-7+/t11-/m1/s1. The first-order valence-corrected chi connectivity index (χ1v) is 7.99. The molecule has 5 nitrogen and oxygen atoms in total. The fourth-order valence-corrected chi connectivity index (χ4v) is 2.64. The lowest BCUT2D eigenvalue weighted by Crippen LogP contribution is -2.26. The Morgan fingerprint density at radius 1 is 1.52 bits per heavy atom. The minimum absolute atomic E-state index is 0.0869. The molecule has 0 bridgehead atoms. The van der Waals surface area contributed by atoms with E-state index in [1.54, 1.807) is 6.08 Å². The predicted molar refractivity (Wildman–Crippen MR) is 86.2 cm³/mol. The van der Waals surface area contributed by atoms with Crippen LogP contribution in [0.2, 0.25) is 0 Å². The lowest BCUT2D eigenvalue weighted by atomic mass is 10.0. The number of carbonyl (C=O) groups is 1. The van der Waals surface area contributed by atoms with Gasteiger partial charge in [-0.2, -0.15) is 5.26 Å². The van der Waals surface area contributed by atoms with E-state index in [1.165, 1.54) is 0 Å². The number of hydrogen-bond donors (Lipinski definition) is 1. The Labute approximate surface area is 135 Å². The average Bonchev–Trinajstić information content (AvgIpc) is 3.25. The Morgan fingerprint density at radius 2 is 2.30 bits per heavy atom. The van der Waals surface area contributed by atoms with E-state index in [0.717, 1.165) is 30.6 Å². The number of nitriles is 1. The van der Waals surface area contributed by atoms with E-state index in [9.17, 15) is 10.1 Å². The van der Waals surface area contributed by atoms with Gasteiger partial charge in [0, 0.05) is 23.6 Å². The average molecular weight is 312 g/mol. The summed E-state index contributed by atoms with van der Waals surface area (Å²) in [5, 5.41) is 12.1. The summed E-state index contributed by atoms with van der Waals surface area (Å²) in [6.07, 6.45) is 4.52. The highest BCUT2D eigenvalue weighted by Gasteiger charge is 2.25. The molecule has 1 heterocycles. The van der Waals surface area contributed by atoms with E-state index in [0.29, 0.717) is 17.9 Å². The van der Waals surface area contributed by atoms with Crippen molar-refractivity contribution in [3.8, 4) is 17.6 Å². The molecule has 0 aromatic heterocycles. The molecule has 120 valence electrons. The van der Waals surface area contributed by atoms with Gasteiger partial charge < -0.3 is 14.8 Å². The molecule has 0 unspecified atom stereocenters. The van der Waals surface area contributed by atoms with Crippen LogP contribution in [0, 0.1) is 11.3 Å². The SMILES string of the molecule is CCOc1cc2c(cc1/C=C(\C#N)C(=O)NC1CC1)O[C@H](C)C2. The molecule has 1 fully saturated rings. The van der Waals surface area contributed by atoms with E-state index >= 15 is 0 Å². The Kier molecular flexibility index (Phi) is 4.24. The quantitative estimate of drug-likeness (QED) is 0.670. The highest BCUT2D eigenvalue weighted by Crippen LogP contribution is 2.36. The summed E-state index contributed by atoms with van der Waals surface area (Å²) in [7, 11) is 0. The molecule has 3 rings (SSSR count). The molecule has 1 atom stereocenters. The van der Waals surface area contributed by atoms with Crippen molar-refractivity contribution in [2.24, 2.45) is 0 Å². The second-order valence-corrected chi connectivity index (χ2v) is 5.98. The lowest BCUT2D eigenvalue weighted by Gasteiger charge is -2.10. The zero-order valence-electron chi connectivity index (χ0n) is 13.4.